The van der Waals surface area contributed by atoms with E-state index < -0.39 is 5.97 Å². The lowest BCUT2D eigenvalue weighted by atomic mass is 9.93. The first-order chi connectivity index (χ1) is 23.0. The summed E-state index contributed by atoms with van der Waals surface area (Å²) in [6.45, 7) is 8.95. The number of ether oxygens (including phenoxy) is 2. The minimum atomic E-state index is -0.718. The molecule has 2 aromatic carbocycles. The van der Waals surface area contributed by atoms with Crippen molar-refractivity contribution in [3.63, 3.8) is 0 Å². The number of esters is 1. The van der Waals surface area contributed by atoms with Crippen molar-refractivity contribution in [2.24, 2.45) is 11.7 Å². The second-order valence-corrected chi connectivity index (χ2v) is 14.1. The smallest absolute Gasteiger partial charge is 0.357 e. The monoisotopic (exact) mass is 666 g/mol. The van der Waals surface area contributed by atoms with Gasteiger partial charge in [-0.25, -0.2) is 9.78 Å². The highest BCUT2D eigenvalue weighted by atomic mass is 32.1. The second kappa shape index (κ2) is 13.5. The van der Waals surface area contributed by atoms with Crippen LogP contribution in [0.25, 0.3) is 21.6 Å². The molecular weight excluding hydrogens is 625 g/mol. The van der Waals surface area contributed by atoms with Crippen LogP contribution in [0.4, 0.5) is 5.69 Å². The standard InChI is InChI=1S/C38H42N4O5S/c1-6-23-9-12-38(4,19-23)42-36(44)30-8-7-26(33(40-30)37(45)46-5)27-18-31-29(34-25(10-13-47-31)11-14-48-34)17-28(27)35(43)41-32-21(2)15-24(20-39)16-22(32)3/h7-8,11,14-18,23H,6,9-10,12-13,19-20,39H2,1-5H3,(H,41,43)(H,42,44). The molecule has 9 nitrogen and oxygen atoms in total. The van der Waals surface area contributed by atoms with E-state index in [2.05, 4.69) is 35.5 Å². The van der Waals surface area contributed by atoms with Crippen molar-refractivity contribution in [2.45, 2.75) is 71.9 Å². The number of hydrogen-bond donors (Lipinski definition) is 3. The van der Waals surface area contributed by atoms with Crippen molar-refractivity contribution in [2.75, 3.05) is 19.0 Å². The first-order valence-electron chi connectivity index (χ1n) is 16.5. The van der Waals surface area contributed by atoms with Crippen LogP contribution in [0.15, 0.2) is 47.8 Å². The molecule has 3 heterocycles. The van der Waals surface area contributed by atoms with Crippen molar-refractivity contribution in [3.8, 4) is 27.3 Å². The van der Waals surface area contributed by atoms with Crippen molar-refractivity contribution in [1.29, 1.82) is 0 Å². The van der Waals surface area contributed by atoms with Gasteiger partial charge in [-0.05, 0) is 104 Å². The highest BCUT2D eigenvalue weighted by Crippen LogP contribution is 2.44. The summed E-state index contributed by atoms with van der Waals surface area (Å²) in [7, 11) is 1.27. The zero-order chi connectivity index (χ0) is 34.2. The number of rotatable bonds is 8. The van der Waals surface area contributed by atoms with Crippen molar-refractivity contribution < 1.29 is 23.9 Å². The molecule has 1 fully saturated rings. The van der Waals surface area contributed by atoms with Crippen LogP contribution in [0, 0.1) is 19.8 Å². The number of nitrogens with two attached hydrogens (primary N) is 1. The van der Waals surface area contributed by atoms with Gasteiger partial charge in [-0.2, -0.15) is 0 Å². The average molecular weight is 667 g/mol. The number of nitrogens with zero attached hydrogens (tertiary/aromatic N) is 1. The number of hydrogen-bond acceptors (Lipinski definition) is 8. The fourth-order valence-corrected chi connectivity index (χ4v) is 8.07. The molecule has 2 unspecified atom stereocenters. The van der Waals surface area contributed by atoms with Crippen LogP contribution in [0.3, 0.4) is 0 Å². The molecule has 10 heteroatoms. The van der Waals surface area contributed by atoms with E-state index in [0.717, 1.165) is 64.8 Å². The third kappa shape index (κ3) is 6.47. The van der Waals surface area contributed by atoms with Gasteiger partial charge in [-0.15, -0.1) is 11.3 Å². The first-order valence-corrected chi connectivity index (χ1v) is 17.3. The summed E-state index contributed by atoms with van der Waals surface area (Å²) < 4.78 is 11.4. The first kappa shape index (κ1) is 33.4. The lowest BCUT2D eigenvalue weighted by molar-refractivity contribution is 0.0594. The Balaban J connectivity index is 1.46. The maximum absolute atomic E-state index is 14.3. The lowest BCUT2D eigenvalue weighted by Crippen LogP contribution is -2.44. The molecule has 48 heavy (non-hydrogen) atoms. The maximum atomic E-state index is 14.3. The number of aryl methyl sites for hydroxylation is 2. The molecule has 0 bridgehead atoms. The van der Waals surface area contributed by atoms with E-state index in [4.69, 9.17) is 15.2 Å². The van der Waals surface area contributed by atoms with Crippen LogP contribution in [-0.4, -0.2) is 42.0 Å². The number of methoxy groups -OCH3 is 1. The predicted molar refractivity (Wildman–Crippen MR) is 189 cm³/mol. The SMILES string of the molecule is CCC1CCC(C)(NC(=O)c2ccc(-c3cc4c(cc3C(=O)Nc3c(C)cc(CN)cc3C)-c3sccc3CCO4)c(C(=O)OC)n2)C1. The Labute approximate surface area is 285 Å². The number of fused-ring (bicyclic) bond motifs is 3. The van der Waals surface area contributed by atoms with E-state index in [9.17, 15) is 14.4 Å². The summed E-state index contributed by atoms with van der Waals surface area (Å²) in [6, 6.07) is 12.9. The Morgan fingerprint density at radius 1 is 1.06 bits per heavy atom. The van der Waals surface area contributed by atoms with Gasteiger partial charge in [0, 0.05) is 51.3 Å². The summed E-state index contributed by atoms with van der Waals surface area (Å²) in [4.78, 5) is 46.7. The molecule has 0 spiro atoms. The predicted octanol–water partition coefficient (Wildman–Crippen LogP) is 7.23. The molecule has 1 aliphatic carbocycles. The molecule has 0 radical (unpaired) electrons. The van der Waals surface area contributed by atoms with Crippen LogP contribution in [-0.2, 0) is 17.7 Å². The Hall–Kier alpha value is -4.54. The molecule has 1 saturated carbocycles. The molecule has 2 aromatic heterocycles. The highest BCUT2D eigenvalue weighted by molar-refractivity contribution is 7.13. The Morgan fingerprint density at radius 2 is 1.83 bits per heavy atom. The van der Waals surface area contributed by atoms with Crippen molar-refractivity contribution in [3.05, 3.63) is 87.0 Å². The number of benzene rings is 2. The highest BCUT2D eigenvalue weighted by Gasteiger charge is 2.36. The quantitative estimate of drug-likeness (QED) is 0.169. The largest absolute Gasteiger partial charge is 0.493 e. The number of amides is 2. The number of carbonyl (C=O) groups excluding carboxylic acids is 3. The topological polar surface area (TPSA) is 133 Å². The van der Waals surface area contributed by atoms with Gasteiger partial charge < -0.3 is 25.8 Å². The number of aromatic nitrogens is 1. The lowest BCUT2D eigenvalue weighted by Gasteiger charge is -2.26. The zero-order valence-corrected chi connectivity index (χ0v) is 28.9. The van der Waals surface area contributed by atoms with Gasteiger partial charge in [-0.1, -0.05) is 25.5 Å². The third-order valence-corrected chi connectivity index (χ3v) is 10.7. The van der Waals surface area contributed by atoms with E-state index in [1.807, 2.05) is 37.4 Å². The molecule has 4 N–H and O–H groups in total. The summed E-state index contributed by atoms with van der Waals surface area (Å²) in [5.74, 6) is -0.276. The normalized spacial score (nSPS) is 18.2. The number of thiophene rings is 1. The summed E-state index contributed by atoms with van der Waals surface area (Å²) in [6.07, 6.45) is 4.63. The minimum Gasteiger partial charge on any atom is -0.493 e. The summed E-state index contributed by atoms with van der Waals surface area (Å²) in [5, 5.41) is 8.33. The number of nitrogens with one attached hydrogen (secondary N) is 2. The molecular formula is C38H42N4O5S. The summed E-state index contributed by atoms with van der Waals surface area (Å²) in [5.41, 5.74) is 12.1. The zero-order valence-electron chi connectivity index (χ0n) is 28.1. The molecule has 0 saturated heterocycles. The molecule has 1 aliphatic heterocycles. The Morgan fingerprint density at radius 3 is 2.52 bits per heavy atom. The molecule has 2 atom stereocenters. The van der Waals surface area contributed by atoms with Crippen LogP contribution in [0.5, 0.6) is 5.75 Å². The average Bonchev–Trinajstić information content (AvgIpc) is 3.67. The van der Waals surface area contributed by atoms with E-state index >= 15 is 0 Å². The Bertz CT molecular complexity index is 1890. The van der Waals surface area contributed by atoms with E-state index in [0.29, 0.717) is 47.2 Å². The van der Waals surface area contributed by atoms with Gasteiger partial charge in [0.25, 0.3) is 11.8 Å². The molecule has 4 aromatic rings. The van der Waals surface area contributed by atoms with E-state index in [1.54, 1.807) is 29.5 Å². The number of carbonyl (C=O) groups is 3. The molecule has 6 rings (SSSR count). The third-order valence-electron chi connectivity index (χ3n) is 9.68. The van der Waals surface area contributed by atoms with Crippen molar-refractivity contribution in [1.82, 2.24) is 10.3 Å². The van der Waals surface area contributed by atoms with Crippen LogP contribution in [0.1, 0.15) is 93.1 Å². The van der Waals surface area contributed by atoms with Crippen molar-refractivity contribution >= 4 is 34.8 Å². The van der Waals surface area contributed by atoms with Gasteiger partial charge in [0.1, 0.15) is 11.4 Å². The number of pyridine rings is 1. The minimum absolute atomic E-state index is 0.0627. The second-order valence-electron chi connectivity index (χ2n) is 13.1. The number of anilines is 1. The molecule has 2 aliphatic rings. The van der Waals surface area contributed by atoms with Crippen LogP contribution >= 0.6 is 11.3 Å². The van der Waals surface area contributed by atoms with Gasteiger partial charge >= 0.3 is 5.97 Å². The maximum Gasteiger partial charge on any atom is 0.357 e. The molecule has 250 valence electrons. The Kier molecular flexibility index (Phi) is 9.40. The fourth-order valence-electron chi connectivity index (χ4n) is 7.10. The van der Waals surface area contributed by atoms with Crippen LogP contribution < -0.4 is 21.1 Å². The summed E-state index contributed by atoms with van der Waals surface area (Å²) >= 11 is 1.59. The van der Waals surface area contributed by atoms with E-state index in [1.165, 1.54) is 7.11 Å². The van der Waals surface area contributed by atoms with Crippen LogP contribution in [0.2, 0.25) is 0 Å². The van der Waals surface area contributed by atoms with E-state index in [-0.39, 0.29) is 28.7 Å². The van der Waals surface area contributed by atoms with Gasteiger partial charge in [-0.3, -0.25) is 9.59 Å². The fraction of sp³-hybridized carbons (Fsp3) is 0.368. The van der Waals surface area contributed by atoms with Gasteiger partial charge in [0.05, 0.1) is 13.7 Å². The molecule has 2 amide bonds. The van der Waals surface area contributed by atoms with Gasteiger partial charge in [0.15, 0.2) is 5.69 Å². The van der Waals surface area contributed by atoms with Gasteiger partial charge in [0.2, 0.25) is 0 Å².